The summed E-state index contributed by atoms with van der Waals surface area (Å²) in [5.41, 5.74) is 0. The maximum Gasteiger partial charge on any atom is 0.306 e. The van der Waals surface area contributed by atoms with Crippen molar-refractivity contribution in [3.8, 4) is 0 Å². The maximum atomic E-state index is 12.9. The van der Waals surface area contributed by atoms with Crippen molar-refractivity contribution in [2.75, 3.05) is 47.5 Å². The zero-order valence-electron chi connectivity index (χ0n) is 49.8. The van der Waals surface area contributed by atoms with E-state index >= 15 is 0 Å². The van der Waals surface area contributed by atoms with Crippen molar-refractivity contribution in [3.05, 3.63) is 122 Å². The third kappa shape index (κ3) is 59.2. The third-order valence-electron chi connectivity index (χ3n) is 12.7. The largest absolute Gasteiger partial charge is 0.545 e. The fourth-order valence-corrected chi connectivity index (χ4v) is 7.99. The van der Waals surface area contributed by atoms with Crippen LogP contribution in [0.2, 0.25) is 0 Å². The number of carboxylic acids is 1. The lowest BCUT2D eigenvalue weighted by molar-refractivity contribution is -0.870. The molecule has 9 heteroatoms. The molecule has 2 atom stereocenters. The van der Waals surface area contributed by atoms with Crippen LogP contribution in [0.3, 0.4) is 0 Å². The molecule has 0 N–H and O–H groups in total. The first-order valence-corrected chi connectivity index (χ1v) is 30.7. The average Bonchev–Trinajstić information content (AvgIpc) is 3.40. The van der Waals surface area contributed by atoms with E-state index in [2.05, 4.69) is 135 Å². The molecule has 0 aromatic heterocycles. The molecule has 77 heavy (non-hydrogen) atoms. The van der Waals surface area contributed by atoms with Crippen LogP contribution in [0.15, 0.2) is 122 Å². The van der Waals surface area contributed by atoms with Gasteiger partial charge in [-0.05, 0) is 109 Å². The molecule has 9 nitrogen and oxygen atoms in total. The van der Waals surface area contributed by atoms with E-state index in [1.165, 1.54) is 103 Å². The zero-order chi connectivity index (χ0) is 56.2. The standard InChI is InChI=1S/C68H113NO8/c1-6-8-10-12-14-16-18-20-22-24-26-28-30-32-33-35-36-38-40-42-44-46-48-50-52-54-56-58-65(70)75-62-64(63-76-68(67(72)73)74-61-60-69(3,4)5)77-66(71)59-57-55-53-51-49-47-45-43-41-39-37-34-31-29-27-25-23-21-19-17-15-13-11-9-7-2/h9,11,15,17-18,20-21,23-24,26-27,29-30,32,34,37,41,43,47,49,64,68H,6-8,10,12-14,16,19,22,25,28,31,33,35-36,38-40,42,44-46,48,50-63H2,1-5H3/b11-9-,17-15-,20-18-,23-21-,26-24-,29-27-,32-30-,37-34-,43-41-,49-47-. The van der Waals surface area contributed by atoms with Crippen LogP contribution in [0.4, 0.5) is 0 Å². The molecular formula is C68H113NO8. The molecule has 0 saturated carbocycles. The first kappa shape index (κ1) is 72.7. The van der Waals surface area contributed by atoms with E-state index in [1.807, 2.05) is 21.1 Å². The highest BCUT2D eigenvalue weighted by molar-refractivity contribution is 5.70. The van der Waals surface area contributed by atoms with E-state index < -0.39 is 24.3 Å². The van der Waals surface area contributed by atoms with Gasteiger partial charge >= 0.3 is 11.9 Å². The van der Waals surface area contributed by atoms with Gasteiger partial charge in [-0.15, -0.1) is 0 Å². The number of carbonyl (C=O) groups excluding carboxylic acids is 3. The monoisotopic (exact) mass is 1070 g/mol. The minimum absolute atomic E-state index is 0.134. The Balaban J connectivity index is 4.31. The summed E-state index contributed by atoms with van der Waals surface area (Å²) in [7, 11) is 5.90. The van der Waals surface area contributed by atoms with E-state index in [-0.39, 0.29) is 38.6 Å². The van der Waals surface area contributed by atoms with Crippen molar-refractivity contribution in [2.45, 2.75) is 245 Å². The summed E-state index contributed by atoms with van der Waals surface area (Å²) in [4.78, 5) is 37.4. The molecule has 0 rings (SSSR count). The molecule has 0 saturated heterocycles. The molecule has 0 spiro atoms. The van der Waals surface area contributed by atoms with Gasteiger partial charge in [-0.3, -0.25) is 9.59 Å². The molecule has 0 heterocycles. The lowest BCUT2D eigenvalue weighted by Gasteiger charge is -2.26. The van der Waals surface area contributed by atoms with Crippen molar-refractivity contribution < 1.29 is 42.9 Å². The molecule has 0 aliphatic rings. The minimum Gasteiger partial charge on any atom is -0.545 e. The van der Waals surface area contributed by atoms with Crippen LogP contribution in [0.5, 0.6) is 0 Å². The Kier molecular flexibility index (Phi) is 54.6. The molecule has 0 bridgehead atoms. The van der Waals surface area contributed by atoms with E-state index in [9.17, 15) is 19.5 Å². The molecule has 0 radical (unpaired) electrons. The second-order valence-corrected chi connectivity index (χ2v) is 21.3. The molecular weight excluding hydrogens is 959 g/mol. The van der Waals surface area contributed by atoms with Crippen LogP contribution in [-0.2, 0) is 33.3 Å². The molecule has 438 valence electrons. The molecule has 0 aliphatic heterocycles. The molecule has 2 unspecified atom stereocenters. The Morgan fingerprint density at radius 3 is 1.12 bits per heavy atom. The van der Waals surface area contributed by atoms with E-state index in [4.69, 9.17) is 18.9 Å². The van der Waals surface area contributed by atoms with Gasteiger partial charge in [0.05, 0.1) is 40.3 Å². The molecule has 0 aliphatic carbocycles. The molecule has 0 aromatic carbocycles. The summed E-state index contributed by atoms with van der Waals surface area (Å²) in [6.07, 6.45) is 78.2. The predicted molar refractivity (Wildman–Crippen MR) is 324 cm³/mol. The first-order chi connectivity index (χ1) is 37.6. The fraction of sp³-hybridized carbons (Fsp3) is 0.662. The predicted octanol–water partition coefficient (Wildman–Crippen LogP) is 17.1. The third-order valence-corrected chi connectivity index (χ3v) is 12.7. The van der Waals surface area contributed by atoms with E-state index in [0.29, 0.717) is 17.4 Å². The average molecular weight is 1070 g/mol. The summed E-state index contributed by atoms with van der Waals surface area (Å²) >= 11 is 0. The lowest BCUT2D eigenvalue weighted by atomic mass is 10.0. The second-order valence-electron chi connectivity index (χ2n) is 21.3. The van der Waals surface area contributed by atoms with Crippen molar-refractivity contribution in [1.82, 2.24) is 0 Å². The van der Waals surface area contributed by atoms with Crippen molar-refractivity contribution in [1.29, 1.82) is 0 Å². The first-order valence-electron chi connectivity index (χ1n) is 30.7. The summed E-state index contributed by atoms with van der Waals surface area (Å²) in [5.74, 6) is -2.34. The summed E-state index contributed by atoms with van der Waals surface area (Å²) in [6.45, 7) is 4.57. The van der Waals surface area contributed by atoms with Gasteiger partial charge in [0, 0.05) is 12.8 Å². The SMILES string of the molecule is CC/C=C\C/C=C\C/C=C\C/C=C\C/C=C\C/C=C\C/C=C\CCCCCC(=O)OC(COC(=O)CCCCCCCCCCCCCC/C=C\C/C=C\C/C=C\CCCCCCC)COC(OCC[N+](C)(C)C)C(=O)[O-]. The quantitative estimate of drug-likeness (QED) is 0.0195. The number of aliphatic carboxylic acids is 1. The number of unbranched alkanes of at least 4 members (excludes halogenated alkanes) is 20. The number of nitrogens with zero attached hydrogens (tertiary/aromatic N) is 1. The number of likely N-dealkylation sites (N-methyl/N-ethyl adjacent to an activating group) is 1. The van der Waals surface area contributed by atoms with Gasteiger partial charge in [0.2, 0.25) is 0 Å². The van der Waals surface area contributed by atoms with Crippen molar-refractivity contribution >= 4 is 17.9 Å². The summed E-state index contributed by atoms with van der Waals surface area (Å²) < 4.78 is 22.7. The normalized spacial score (nSPS) is 13.6. The van der Waals surface area contributed by atoms with Gasteiger partial charge in [0.1, 0.15) is 13.2 Å². The van der Waals surface area contributed by atoms with Gasteiger partial charge in [-0.2, -0.15) is 0 Å². The van der Waals surface area contributed by atoms with Crippen LogP contribution in [0.1, 0.15) is 232 Å². The lowest BCUT2D eigenvalue weighted by Crippen LogP contribution is -2.44. The topological polar surface area (TPSA) is 111 Å². The van der Waals surface area contributed by atoms with Crippen LogP contribution in [0, 0.1) is 0 Å². The van der Waals surface area contributed by atoms with Gasteiger partial charge in [0.25, 0.3) is 0 Å². The van der Waals surface area contributed by atoms with Gasteiger partial charge < -0.3 is 33.3 Å². The number of quaternary nitrogens is 1. The Hall–Kier alpha value is -4.31. The smallest absolute Gasteiger partial charge is 0.306 e. The number of esters is 2. The summed E-state index contributed by atoms with van der Waals surface area (Å²) in [6, 6.07) is 0. The molecule has 0 fully saturated rings. The van der Waals surface area contributed by atoms with Crippen molar-refractivity contribution in [3.63, 3.8) is 0 Å². The summed E-state index contributed by atoms with van der Waals surface area (Å²) in [5, 5.41) is 11.8. The highest BCUT2D eigenvalue weighted by atomic mass is 16.7. The molecule has 0 aromatic rings. The van der Waals surface area contributed by atoms with Crippen LogP contribution < -0.4 is 5.11 Å². The maximum absolute atomic E-state index is 12.9. The van der Waals surface area contributed by atoms with Gasteiger partial charge in [0.15, 0.2) is 12.4 Å². The Bertz CT molecular complexity index is 1670. The van der Waals surface area contributed by atoms with E-state index in [1.54, 1.807) is 0 Å². The van der Waals surface area contributed by atoms with Crippen LogP contribution >= 0.6 is 0 Å². The number of ether oxygens (including phenoxy) is 4. The number of carboxylic acid groups (broad SMARTS) is 1. The van der Waals surface area contributed by atoms with Crippen LogP contribution in [-0.4, -0.2) is 82.3 Å². The highest BCUT2D eigenvalue weighted by Crippen LogP contribution is 2.15. The number of hydrogen-bond acceptors (Lipinski definition) is 8. The molecule has 0 amide bonds. The van der Waals surface area contributed by atoms with E-state index in [0.717, 1.165) is 96.3 Å². The number of allylic oxidation sites excluding steroid dienone is 20. The van der Waals surface area contributed by atoms with Gasteiger partial charge in [-0.1, -0.05) is 232 Å². The minimum atomic E-state index is -1.64. The van der Waals surface area contributed by atoms with Crippen molar-refractivity contribution in [2.24, 2.45) is 0 Å². The number of carbonyl (C=O) groups is 3. The second kappa shape index (κ2) is 57.9. The fourth-order valence-electron chi connectivity index (χ4n) is 7.99. The zero-order valence-corrected chi connectivity index (χ0v) is 49.8. The van der Waals surface area contributed by atoms with Gasteiger partial charge in [-0.25, -0.2) is 0 Å². The Morgan fingerprint density at radius 1 is 0.403 bits per heavy atom. The number of rotatable bonds is 55. The highest BCUT2D eigenvalue weighted by Gasteiger charge is 2.22. The van der Waals surface area contributed by atoms with Crippen LogP contribution in [0.25, 0.3) is 0 Å². The number of hydrogen-bond donors (Lipinski definition) is 0. The Morgan fingerprint density at radius 2 is 0.740 bits per heavy atom. The Labute approximate surface area is 472 Å².